The van der Waals surface area contributed by atoms with Crippen LogP contribution in [-0.4, -0.2) is 39.9 Å². The monoisotopic (exact) mass is 368 g/mol. The first-order valence-electron chi connectivity index (χ1n) is 10.3. The Hall–Kier alpha value is -2.37. The molecule has 1 aromatic carbocycles. The van der Waals surface area contributed by atoms with Crippen molar-refractivity contribution in [3.05, 3.63) is 48.5 Å². The fourth-order valence-corrected chi connectivity index (χ4v) is 3.74. The van der Waals surface area contributed by atoms with Gasteiger partial charge >= 0.3 is 0 Å². The summed E-state index contributed by atoms with van der Waals surface area (Å²) in [5.74, 6) is 1.67. The summed E-state index contributed by atoms with van der Waals surface area (Å²) in [6.07, 6.45) is 10.6. The average Bonchev–Trinajstić information content (AvgIpc) is 3.23. The van der Waals surface area contributed by atoms with Crippen LogP contribution in [0.2, 0.25) is 0 Å². The van der Waals surface area contributed by atoms with E-state index >= 15 is 0 Å². The minimum absolute atomic E-state index is 0.528. The van der Waals surface area contributed by atoms with Gasteiger partial charge in [0.1, 0.15) is 12.7 Å². The smallest absolute Gasteiger partial charge is 0.191 e. The Morgan fingerprint density at radius 2 is 1.81 bits per heavy atom. The molecule has 2 N–H and O–H groups in total. The van der Waals surface area contributed by atoms with E-state index in [0.717, 1.165) is 38.4 Å². The molecule has 0 saturated heterocycles. The van der Waals surface area contributed by atoms with E-state index < -0.39 is 0 Å². The molecule has 2 aromatic rings. The van der Waals surface area contributed by atoms with E-state index in [0.29, 0.717) is 12.0 Å². The van der Waals surface area contributed by atoms with Crippen molar-refractivity contribution in [3.8, 4) is 0 Å². The van der Waals surface area contributed by atoms with E-state index in [-0.39, 0.29) is 0 Å². The zero-order valence-electron chi connectivity index (χ0n) is 16.3. The first-order valence-corrected chi connectivity index (χ1v) is 10.3. The van der Waals surface area contributed by atoms with Crippen molar-refractivity contribution < 1.29 is 0 Å². The van der Waals surface area contributed by atoms with E-state index in [1.165, 1.54) is 31.2 Å². The minimum atomic E-state index is 0.528. The third-order valence-corrected chi connectivity index (χ3v) is 5.24. The topological polar surface area (TPSA) is 67.1 Å². The average molecular weight is 369 g/mol. The third kappa shape index (κ3) is 6.38. The number of aryl methyl sites for hydroxylation is 1. The van der Waals surface area contributed by atoms with Crippen molar-refractivity contribution in [2.45, 2.75) is 64.0 Å². The van der Waals surface area contributed by atoms with E-state index in [1.807, 2.05) is 4.57 Å². The van der Waals surface area contributed by atoms with Gasteiger partial charge < -0.3 is 15.2 Å². The van der Waals surface area contributed by atoms with Gasteiger partial charge in [0.25, 0.3) is 0 Å². The van der Waals surface area contributed by atoms with Gasteiger partial charge in [-0.2, -0.15) is 0 Å². The molecule has 0 amide bonds. The molecule has 0 spiro atoms. The molecule has 0 unspecified atom stereocenters. The molecule has 1 aliphatic carbocycles. The van der Waals surface area contributed by atoms with Gasteiger partial charge in [-0.05, 0) is 56.9 Å². The van der Waals surface area contributed by atoms with Crippen LogP contribution >= 0.6 is 0 Å². The van der Waals surface area contributed by atoms with Gasteiger partial charge in [-0.1, -0.05) is 30.3 Å². The number of guanidine groups is 1. The number of hydrogen-bond donors (Lipinski definition) is 2. The number of benzene rings is 1. The number of aliphatic imine (C=N–C) groups is 1. The van der Waals surface area contributed by atoms with Crippen LogP contribution in [0.25, 0.3) is 0 Å². The normalized spacial score (nSPS) is 20.4. The molecule has 1 fully saturated rings. The molecule has 27 heavy (non-hydrogen) atoms. The predicted molar refractivity (Wildman–Crippen MR) is 110 cm³/mol. The largest absolute Gasteiger partial charge is 0.357 e. The number of nitrogens with zero attached hydrogens (tertiary/aromatic N) is 4. The molecule has 6 heteroatoms. The molecule has 3 rings (SSSR count). The molecule has 146 valence electrons. The zero-order valence-corrected chi connectivity index (χ0v) is 16.3. The Balaban J connectivity index is 1.39. The fourth-order valence-electron chi connectivity index (χ4n) is 3.74. The molecule has 1 aliphatic rings. The second-order valence-corrected chi connectivity index (χ2v) is 7.27. The van der Waals surface area contributed by atoms with Gasteiger partial charge in [0.2, 0.25) is 0 Å². The van der Waals surface area contributed by atoms with E-state index in [4.69, 9.17) is 4.99 Å². The van der Waals surface area contributed by atoms with Crippen molar-refractivity contribution in [2.75, 3.05) is 13.1 Å². The number of nitrogens with one attached hydrogen (secondary N) is 2. The molecule has 1 heterocycles. The third-order valence-electron chi connectivity index (χ3n) is 5.24. The Labute approximate surface area is 162 Å². The second-order valence-electron chi connectivity index (χ2n) is 7.27. The van der Waals surface area contributed by atoms with Crippen LogP contribution in [0.1, 0.15) is 56.9 Å². The first-order chi connectivity index (χ1) is 13.3. The standard InChI is InChI=1S/C21H32N6/c1-2-22-21(23-14-6-7-15-27-16-24-25-17-27)26-20-12-10-19(11-13-20)18-8-4-3-5-9-18/h3-5,8-9,16-17,19-20H,2,6-7,10-15H2,1H3,(H2,22,23,26). The molecule has 6 nitrogen and oxygen atoms in total. The summed E-state index contributed by atoms with van der Waals surface area (Å²) in [5, 5.41) is 14.7. The predicted octanol–water partition coefficient (Wildman–Crippen LogP) is 3.34. The van der Waals surface area contributed by atoms with Crippen LogP contribution in [0.4, 0.5) is 0 Å². The first kappa shape index (κ1) is 19.4. The number of hydrogen-bond acceptors (Lipinski definition) is 3. The molecule has 0 atom stereocenters. The number of aromatic nitrogens is 3. The van der Waals surface area contributed by atoms with Gasteiger partial charge in [0, 0.05) is 25.7 Å². The minimum Gasteiger partial charge on any atom is -0.357 e. The fraction of sp³-hybridized carbons (Fsp3) is 0.571. The Morgan fingerprint density at radius 1 is 1.07 bits per heavy atom. The summed E-state index contributed by atoms with van der Waals surface area (Å²) in [4.78, 5) is 4.76. The van der Waals surface area contributed by atoms with Gasteiger partial charge in [-0.25, -0.2) is 0 Å². The van der Waals surface area contributed by atoms with Crippen molar-refractivity contribution >= 4 is 5.96 Å². The van der Waals surface area contributed by atoms with Gasteiger partial charge in [0.05, 0.1) is 0 Å². The Morgan fingerprint density at radius 3 is 2.52 bits per heavy atom. The summed E-state index contributed by atoms with van der Waals surface area (Å²) < 4.78 is 2.01. The van der Waals surface area contributed by atoms with Crippen LogP contribution in [0, 0.1) is 0 Å². The van der Waals surface area contributed by atoms with E-state index in [9.17, 15) is 0 Å². The summed E-state index contributed by atoms with van der Waals surface area (Å²) in [5.41, 5.74) is 1.49. The Kier molecular flexibility index (Phi) is 7.69. The highest BCUT2D eigenvalue weighted by molar-refractivity contribution is 5.80. The lowest BCUT2D eigenvalue weighted by atomic mass is 9.82. The van der Waals surface area contributed by atoms with Crippen molar-refractivity contribution in [3.63, 3.8) is 0 Å². The van der Waals surface area contributed by atoms with Gasteiger partial charge in [-0.15, -0.1) is 10.2 Å². The molecule has 0 aliphatic heterocycles. The maximum Gasteiger partial charge on any atom is 0.191 e. The maximum absolute atomic E-state index is 4.76. The quantitative estimate of drug-likeness (QED) is 0.426. The SMILES string of the molecule is CCNC(=NCCCCn1cnnc1)NC1CCC(c2ccccc2)CC1. The van der Waals surface area contributed by atoms with E-state index in [1.54, 1.807) is 12.7 Å². The molecule has 0 radical (unpaired) electrons. The number of unbranched alkanes of at least 4 members (excludes halogenated alkanes) is 1. The zero-order chi connectivity index (χ0) is 18.7. The summed E-state index contributed by atoms with van der Waals surface area (Å²) >= 11 is 0. The highest BCUT2D eigenvalue weighted by Crippen LogP contribution is 2.32. The number of rotatable bonds is 8. The van der Waals surface area contributed by atoms with Gasteiger partial charge in [-0.3, -0.25) is 4.99 Å². The van der Waals surface area contributed by atoms with Crippen LogP contribution in [0.15, 0.2) is 48.0 Å². The molecular weight excluding hydrogens is 336 g/mol. The highest BCUT2D eigenvalue weighted by atomic mass is 15.2. The Bertz CT molecular complexity index is 659. The van der Waals surface area contributed by atoms with Crippen molar-refractivity contribution in [2.24, 2.45) is 4.99 Å². The highest BCUT2D eigenvalue weighted by Gasteiger charge is 2.22. The van der Waals surface area contributed by atoms with Crippen LogP contribution in [0.5, 0.6) is 0 Å². The lowest BCUT2D eigenvalue weighted by Gasteiger charge is -2.30. The van der Waals surface area contributed by atoms with Crippen molar-refractivity contribution in [1.29, 1.82) is 0 Å². The van der Waals surface area contributed by atoms with E-state index in [2.05, 4.69) is 58.1 Å². The molecular formula is C21H32N6. The lowest BCUT2D eigenvalue weighted by molar-refractivity contribution is 0.371. The van der Waals surface area contributed by atoms with Gasteiger partial charge in [0.15, 0.2) is 5.96 Å². The maximum atomic E-state index is 4.76. The second kappa shape index (κ2) is 10.7. The summed E-state index contributed by atoms with van der Waals surface area (Å²) in [6, 6.07) is 11.5. The lowest BCUT2D eigenvalue weighted by Crippen LogP contribution is -2.44. The molecule has 1 saturated carbocycles. The molecule has 1 aromatic heterocycles. The summed E-state index contributed by atoms with van der Waals surface area (Å²) in [7, 11) is 0. The molecule has 0 bridgehead atoms. The van der Waals surface area contributed by atoms with Crippen LogP contribution in [-0.2, 0) is 6.54 Å². The van der Waals surface area contributed by atoms with Crippen molar-refractivity contribution in [1.82, 2.24) is 25.4 Å². The van der Waals surface area contributed by atoms with Crippen LogP contribution < -0.4 is 10.6 Å². The summed E-state index contributed by atoms with van der Waals surface area (Å²) in [6.45, 7) is 4.81. The van der Waals surface area contributed by atoms with Crippen LogP contribution in [0.3, 0.4) is 0 Å².